The van der Waals surface area contributed by atoms with E-state index in [0.717, 1.165) is 31.5 Å². The van der Waals surface area contributed by atoms with Crippen LogP contribution in [-0.4, -0.2) is 35.1 Å². The number of hydrogen-bond donors (Lipinski definition) is 0. The van der Waals surface area contributed by atoms with Gasteiger partial charge in [-0.05, 0) is 57.5 Å². The maximum Gasteiger partial charge on any atom is 0.253 e. The molecule has 22 heavy (non-hydrogen) atoms. The van der Waals surface area contributed by atoms with Crippen molar-refractivity contribution in [2.45, 2.75) is 38.8 Å². The topological polar surface area (TPSA) is 38.5 Å². The standard InChI is InChI=1S/C17H21FN2O2/c1-12(2)20-9-3-4-15(10-20)22-16-11-21-17(19-16)13-5-7-14(18)8-6-13/h5-8,11-12,15H,3-4,9-10H2,1-2H3. The molecule has 0 N–H and O–H groups in total. The number of piperidine rings is 1. The number of oxazole rings is 1. The lowest BCUT2D eigenvalue weighted by atomic mass is 10.1. The zero-order valence-electron chi connectivity index (χ0n) is 13.0. The summed E-state index contributed by atoms with van der Waals surface area (Å²) in [5, 5.41) is 0. The lowest BCUT2D eigenvalue weighted by molar-refractivity contribution is 0.0676. The van der Waals surface area contributed by atoms with E-state index in [-0.39, 0.29) is 11.9 Å². The van der Waals surface area contributed by atoms with Crippen molar-refractivity contribution in [1.82, 2.24) is 9.88 Å². The monoisotopic (exact) mass is 304 g/mol. The van der Waals surface area contributed by atoms with E-state index in [0.29, 0.717) is 17.8 Å². The van der Waals surface area contributed by atoms with Crippen molar-refractivity contribution in [3.8, 4) is 17.3 Å². The summed E-state index contributed by atoms with van der Waals surface area (Å²) in [7, 11) is 0. The van der Waals surface area contributed by atoms with Crippen LogP contribution in [0.15, 0.2) is 34.9 Å². The van der Waals surface area contributed by atoms with Crippen molar-refractivity contribution in [2.24, 2.45) is 0 Å². The summed E-state index contributed by atoms with van der Waals surface area (Å²) in [6.45, 7) is 6.43. The van der Waals surface area contributed by atoms with Gasteiger partial charge < -0.3 is 9.15 Å². The number of halogens is 1. The Kier molecular flexibility index (Phi) is 4.43. The maximum absolute atomic E-state index is 12.9. The molecule has 1 aromatic carbocycles. The number of hydrogen-bond acceptors (Lipinski definition) is 4. The second-order valence-corrected chi connectivity index (χ2v) is 5.97. The van der Waals surface area contributed by atoms with Gasteiger partial charge in [0, 0.05) is 18.2 Å². The second kappa shape index (κ2) is 6.48. The summed E-state index contributed by atoms with van der Waals surface area (Å²) < 4.78 is 24.3. The number of aromatic nitrogens is 1. The van der Waals surface area contributed by atoms with E-state index in [1.165, 1.54) is 18.4 Å². The van der Waals surface area contributed by atoms with E-state index in [1.807, 2.05) is 0 Å². The molecule has 1 saturated heterocycles. The number of rotatable bonds is 4. The average Bonchev–Trinajstić information content (AvgIpc) is 2.96. The Morgan fingerprint density at radius 1 is 1.32 bits per heavy atom. The molecule has 118 valence electrons. The van der Waals surface area contributed by atoms with Crippen molar-refractivity contribution in [3.63, 3.8) is 0 Å². The Labute approximate surface area is 129 Å². The van der Waals surface area contributed by atoms with Crippen LogP contribution in [0.1, 0.15) is 26.7 Å². The molecule has 1 aromatic heterocycles. The maximum atomic E-state index is 12.9. The predicted molar refractivity (Wildman–Crippen MR) is 82.3 cm³/mol. The van der Waals surface area contributed by atoms with Gasteiger partial charge in [0.05, 0.1) is 0 Å². The summed E-state index contributed by atoms with van der Waals surface area (Å²) in [4.78, 5) is 6.76. The van der Waals surface area contributed by atoms with Crippen LogP contribution in [0.25, 0.3) is 11.5 Å². The van der Waals surface area contributed by atoms with Gasteiger partial charge in [-0.25, -0.2) is 4.39 Å². The Bertz CT molecular complexity index is 609. The first-order valence-electron chi connectivity index (χ1n) is 7.74. The molecule has 1 atom stereocenters. The van der Waals surface area contributed by atoms with Gasteiger partial charge in [0.2, 0.25) is 5.89 Å². The molecule has 5 heteroatoms. The van der Waals surface area contributed by atoms with Crippen molar-refractivity contribution in [3.05, 3.63) is 36.3 Å². The van der Waals surface area contributed by atoms with Crippen LogP contribution >= 0.6 is 0 Å². The fraction of sp³-hybridized carbons (Fsp3) is 0.471. The van der Waals surface area contributed by atoms with Gasteiger partial charge in [-0.2, -0.15) is 4.98 Å². The number of nitrogens with zero attached hydrogens (tertiary/aromatic N) is 2. The van der Waals surface area contributed by atoms with Crippen LogP contribution < -0.4 is 4.74 Å². The third-order valence-electron chi connectivity index (χ3n) is 4.00. The fourth-order valence-corrected chi connectivity index (χ4v) is 2.74. The lowest BCUT2D eigenvalue weighted by Crippen LogP contribution is -2.44. The quantitative estimate of drug-likeness (QED) is 0.862. The van der Waals surface area contributed by atoms with Crippen molar-refractivity contribution in [1.29, 1.82) is 0 Å². The predicted octanol–water partition coefficient (Wildman–Crippen LogP) is 3.73. The van der Waals surface area contributed by atoms with E-state index in [4.69, 9.17) is 9.15 Å². The highest BCUT2D eigenvalue weighted by atomic mass is 19.1. The van der Waals surface area contributed by atoms with Gasteiger partial charge >= 0.3 is 0 Å². The van der Waals surface area contributed by atoms with E-state index < -0.39 is 0 Å². The summed E-state index contributed by atoms with van der Waals surface area (Å²) in [6.07, 6.45) is 3.82. The first-order valence-corrected chi connectivity index (χ1v) is 7.74. The van der Waals surface area contributed by atoms with Gasteiger partial charge in [0.25, 0.3) is 5.88 Å². The number of ether oxygens (including phenoxy) is 1. The molecule has 1 aliphatic rings. The molecule has 2 aromatic rings. The van der Waals surface area contributed by atoms with E-state index in [2.05, 4.69) is 23.7 Å². The third kappa shape index (κ3) is 3.47. The van der Waals surface area contributed by atoms with Crippen LogP contribution in [-0.2, 0) is 0 Å². The molecule has 2 heterocycles. The normalized spacial score (nSPS) is 19.5. The summed E-state index contributed by atoms with van der Waals surface area (Å²) in [5.74, 6) is 0.671. The summed E-state index contributed by atoms with van der Waals surface area (Å²) in [5.41, 5.74) is 0.740. The van der Waals surface area contributed by atoms with Crippen LogP contribution in [0.2, 0.25) is 0 Å². The van der Waals surface area contributed by atoms with Gasteiger partial charge in [-0.1, -0.05) is 0 Å². The Balaban J connectivity index is 1.65. The van der Waals surface area contributed by atoms with Gasteiger partial charge in [-0.15, -0.1) is 0 Å². The highest BCUT2D eigenvalue weighted by Gasteiger charge is 2.23. The van der Waals surface area contributed by atoms with Gasteiger partial charge in [-0.3, -0.25) is 4.90 Å². The zero-order valence-corrected chi connectivity index (χ0v) is 13.0. The number of benzene rings is 1. The number of likely N-dealkylation sites (tertiary alicyclic amines) is 1. The Morgan fingerprint density at radius 3 is 2.82 bits per heavy atom. The Morgan fingerprint density at radius 2 is 2.09 bits per heavy atom. The van der Waals surface area contributed by atoms with Crippen molar-refractivity contribution in [2.75, 3.05) is 13.1 Å². The average molecular weight is 304 g/mol. The molecule has 0 aliphatic carbocycles. The SMILES string of the molecule is CC(C)N1CCCC(Oc2coc(-c3ccc(F)cc3)n2)C1. The smallest absolute Gasteiger partial charge is 0.253 e. The summed E-state index contributed by atoms with van der Waals surface area (Å²) in [6, 6.07) is 6.60. The molecule has 1 fully saturated rings. The summed E-state index contributed by atoms with van der Waals surface area (Å²) >= 11 is 0. The van der Waals surface area contributed by atoms with Gasteiger partial charge in [0.1, 0.15) is 11.9 Å². The minimum Gasteiger partial charge on any atom is -0.471 e. The van der Waals surface area contributed by atoms with Crippen LogP contribution in [0.3, 0.4) is 0 Å². The van der Waals surface area contributed by atoms with E-state index in [9.17, 15) is 4.39 Å². The minimum atomic E-state index is -0.275. The third-order valence-corrected chi connectivity index (χ3v) is 4.00. The molecule has 0 radical (unpaired) electrons. The molecular weight excluding hydrogens is 283 g/mol. The molecular formula is C17H21FN2O2. The highest BCUT2D eigenvalue weighted by Crippen LogP contribution is 2.24. The molecule has 1 aliphatic heterocycles. The van der Waals surface area contributed by atoms with Crippen LogP contribution in [0, 0.1) is 5.82 Å². The largest absolute Gasteiger partial charge is 0.471 e. The highest BCUT2D eigenvalue weighted by molar-refractivity contribution is 5.53. The molecule has 1 unspecified atom stereocenters. The second-order valence-electron chi connectivity index (χ2n) is 5.97. The fourth-order valence-electron chi connectivity index (χ4n) is 2.74. The lowest BCUT2D eigenvalue weighted by Gasteiger charge is -2.34. The van der Waals surface area contributed by atoms with E-state index in [1.54, 1.807) is 12.1 Å². The Hall–Kier alpha value is -1.88. The molecule has 4 nitrogen and oxygen atoms in total. The first kappa shape index (κ1) is 15.0. The zero-order chi connectivity index (χ0) is 15.5. The minimum absolute atomic E-state index is 0.141. The van der Waals surface area contributed by atoms with Crippen LogP contribution in [0.4, 0.5) is 4.39 Å². The molecule has 3 rings (SSSR count). The van der Waals surface area contributed by atoms with Gasteiger partial charge in [0.15, 0.2) is 6.26 Å². The molecule has 0 saturated carbocycles. The van der Waals surface area contributed by atoms with Crippen LogP contribution in [0.5, 0.6) is 5.88 Å². The molecule has 0 spiro atoms. The van der Waals surface area contributed by atoms with E-state index >= 15 is 0 Å². The first-order chi connectivity index (χ1) is 10.6. The molecule has 0 amide bonds. The van der Waals surface area contributed by atoms with Crippen molar-refractivity contribution < 1.29 is 13.5 Å². The molecule has 0 bridgehead atoms. The van der Waals surface area contributed by atoms with Crippen molar-refractivity contribution >= 4 is 0 Å².